The lowest BCUT2D eigenvalue weighted by molar-refractivity contribution is -0.0398. The Balaban J connectivity index is 2.64. The van der Waals surface area contributed by atoms with Crippen LogP contribution in [0.5, 0.6) is 0 Å². The van der Waals surface area contributed by atoms with Crippen LogP contribution in [0.25, 0.3) is 0 Å². The first kappa shape index (κ1) is 17.0. The van der Waals surface area contributed by atoms with E-state index in [-0.39, 0.29) is 11.5 Å². The highest BCUT2D eigenvalue weighted by molar-refractivity contribution is 5.20. The SMILES string of the molecule is C=CN/C(=C\C)C1(N)CCN(C(O)C(C)/C=C/C)CC1. The molecule has 114 valence electrons. The standard InChI is InChI=1S/C16H29N3O/c1-5-8-13(4)15(20)19-11-9-16(17,10-12-19)14(6-2)18-7-3/h5-8,13,15,18,20H,3,9-12,17H2,1-2,4H3/b8-5+,14-6-. The van der Waals surface area contributed by atoms with Crippen LogP contribution in [-0.4, -0.2) is 34.9 Å². The molecule has 0 aliphatic carbocycles. The van der Waals surface area contributed by atoms with Gasteiger partial charge in [-0.15, -0.1) is 0 Å². The van der Waals surface area contributed by atoms with E-state index in [4.69, 9.17) is 5.73 Å². The molecule has 0 radical (unpaired) electrons. The van der Waals surface area contributed by atoms with Gasteiger partial charge in [0.1, 0.15) is 6.23 Å². The molecule has 1 saturated heterocycles. The Morgan fingerprint density at radius 3 is 2.45 bits per heavy atom. The van der Waals surface area contributed by atoms with Crippen LogP contribution in [-0.2, 0) is 0 Å². The molecule has 1 heterocycles. The van der Waals surface area contributed by atoms with Crippen LogP contribution in [0.4, 0.5) is 0 Å². The van der Waals surface area contributed by atoms with E-state index >= 15 is 0 Å². The van der Waals surface area contributed by atoms with Crippen molar-refractivity contribution in [3.05, 3.63) is 36.7 Å². The van der Waals surface area contributed by atoms with E-state index in [1.54, 1.807) is 6.20 Å². The molecule has 4 nitrogen and oxygen atoms in total. The first-order valence-corrected chi connectivity index (χ1v) is 7.36. The van der Waals surface area contributed by atoms with Crippen molar-refractivity contribution in [3.63, 3.8) is 0 Å². The van der Waals surface area contributed by atoms with Crippen LogP contribution in [0.2, 0.25) is 0 Å². The summed E-state index contributed by atoms with van der Waals surface area (Å²) >= 11 is 0. The summed E-state index contributed by atoms with van der Waals surface area (Å²) in [6, 6.07) is 0. The molecule has 0 amide bonds. The van der Waals surface area contributed by atoms with Crippen LogP contribution < -0.4 is 11.1 Å². The number of piperidine rings is 1. The van der Waals surface area contributed by atoms with E-state index in [0.717, 1.165) is 31.6 Å². The first-order valence-electron chi connectivity index (χ1n) is 7.36. The molecule has 4 N–H and O–H groups in total. The Labute approximate surface area is 123 Å². The number of aliphatic hydroxyl groups excluding tert-OH is 1. The van der Waals surface area contributed by atoms with Crippen molar-refractivity contribution in [1.29, 1.82) is 0 Å². The predicted molar refractivity (Wildman–Crippen MR) is 84.8 cm³/mol. The van der Waals surface area contributed by atoms with Gasteiger partial charge in [-0.3, -0.25) is 4.90 Å². The number of allylic oxidation sites excluding steroid dienone is 2. The maximum Gasteiger partial charge on any atom is 0.113 e. The highest BCUT2D eigenvalue weighted by Gasteiger charge is 2.36. The third-order valence-electron chi connectivity index (χ3n) is 4.11. The molecular weight excluding hydrogens is 250 g/mol. The summed E-state index contributed by atoms with van der Waals surface area (Å²) in [6.07, 6.45) is 8.91. The fourth-order valence-corrected chi connectivity index (χ4v) is 2.82. The third-order valence-corrected chi connectivity index (χ3v) is 4.11. The number of aliphatic hydroxyl groups is 1. The highest BCUT2D eigenvalue weighted by Crippen LogP contribution is 2.27. The molecular formula is C16H29N3O. The lowest BCUT2D eigenvalue weighted by Gasteiger charge is -2.43. The van der Waals surface area contributed by atoms with E-state index in [0.29, 0.717) is 0 Å². The minimum atomic E-state index is -0.433. The molecule has 0 bridgehead atoms. The highest BCUT2D eigenvalue weighted by atomic mass is 16.3. The summed E-state index contributed by atoms with van der Waals surface area (Å²) in [5.74, 6) is 0.137. The number of rotatable bonds is 6. The van der Waals surface area contributed by atoms with Gasteiger partial charge in [-0.25, -0.2) is 0 Å². The molecule has 0 aromatic heterocycles. The molecule has 2 atom stereocenters. The fourth-order valence-electron chi connectivity index (χ4n) is 2.82. The molecule has 0 aromatic rings. The zero-order valence-corrected chi connectivity index (χ0v) is 13.0. The van der Waals surface area contributed by atoms with Gasteiger partial charge in [0, 0.05) is 24.7 Å². The van der Waals surface area contributed by atoms with Crippen LogP contribution >= 0.6 is 0 Å². The number of hydrogen-bond donors (Lipinski definition) is 3. The van der Waals surface area contributed by atoms with Crippen molar-refractivity contribution in [2.75, 3.05) is 13.1 Å². The van der Waals surface area contributed by atoms with Crippen LogP contribution in [0.1, 0.15) is 33.6 Å². The Hall–Kier alpha value is -1.10. The molecule has 0 spiro atoms. The van der Waals surface area contributed by atoms with Gasteiger partial charge in [0.2, 0.25) is 0 Å². The largest absolute Gasteiger partial charge is 0.378 e. The molecule has 1 rings (SSSR count). The van der Waals surface area contributed by atoms with Crippen molar-refractivity contribution >= 4 is 0 Å². The van der Waals surface area contributed by atoms with Gasteiger partial charge < -0.3 is 16.2 Å². The average molecular weight is 279 g/mol. The fraction of sp³-hybridized carbons (Fsp3) is 0.625. The average Bonchev–Trinajstić information content (AvgIpc) is 2.45. The minimum Gasteiger partial charge on any atom is -0.378 e. The Morgan fingerprint density at radius 2 is 2.00 bits per heavy atom. The van der Waals surface area contributed by atoms with Gasteiger partial charge >= 0.3 is 0 Å². The molecule has 1 fully saturated rings. The number of nitrogens with one attached hydrogen (secondary N) is 1. The number of likely N-dealkylation sites (tertiary alicyclic amines) is 1. The Morgan fingerprint density at radius 1 is 1.40 bits per heavy atom. The van der Waals surface area contributed by atoms with Crippen molar-refractivity contribution in [1.82, 2.24) is 10.2 Å². The maximum atomic E-state index is 10.3. The summed E-state index contributed by atoms with van der Waals surface area (Å²) in [4.78, 5) is 2.11. The van der Waals surface area contributed by atoms with E-state index < -0.39 is 6.23 Å². The van der Waals surface area contributed by atoms with Crippen molar-refractivity contribution in [3.8, 4) is 0 Å². The van der Waals surface area contributed by atoms with E-state index in [1.807, 2.05) is 39.0 Å². The lowest BCUT2D eigenvalue weighted by atomic mass is 9.84. The van der Waals surface area contributed by atoms with Crippen LogP contribution in [0.3, 0.4) is 0 Å². The summed E-state index contributed by atoms with van der Waals surface area (Å²) in [5, 5.41) is 13.5. The zero-order chi connectivity index (χ0) is 15.2. The Kier molecular flexibility index (Phi) is 6.46. The second-order valence-corrected chi connectivity index (χ2v) is 5.54. The quantitative estimate of drug-likeness (QED) is 0.650. The van der Waals surface area contributed by atoms with Gasteiger partial charge in [0.05, 0.1) is 5.54 Å². The zero-order valence-electron chi connectivity index (χ0n) is 13.0. The topological polar surface area (TPSA) is 61.5 Å². The van der Waals surface area contributed by atoms with Crippen molar-refractivity contribution in [2.24, 2.45) is 11.7 Å². The first-order chi connectivity index (χ1) is 9.48. The summed E-state index contributed by atoms with van der Waals surface area (Å²) < 4.78 is 0. The summed E-state index contributed by atoms with van der Waals surface area (Å²) in [6.45, 7) is 11.3. The normalized spacial score (nSPS) is 23.6. The van der Waals surface area contributed by atoms with Gasteiger partial charge in [-0.2, -0.15) is 0 Å². The Bertz CT molecular complexity index is 368. The van der Waals surface area contributed by atoms with Gasteiger partial charge in [-0.1, -0.05) is 31.7 Å². The molecule has 20 heavy (non-hydrogen) atoms. The molecule has 0 saturated carbocycles. The van der Waals surface area contributed by atoms with E-state index in [1.165, 1.54) is 0 Å². The number of nitrogens with zero attached hydrogens (tertiary/aromatic N) is 1. The molecule has 4 heteroatoms. The van der Waals surface area contributed by atoms with E-state index in [2.05, 4.69) is 16.8 Å². The minimum absolute atomic E-state index is 0.137. The maximum absolute atomic E-state index is 10.3. The lowest BCUT2D eigenvalue weighted by Crippen LogP contribution is -2.56. The van der Waals surface area contributed by atoms with Crippen molar-refractivity contribution < 1.29 is 5.11 Å². The van der Waals surface area contributed by atoms with Crippen molar-refractivity contribution in [2.45, 2.75) is 45.4 Å². The summed E-state index contributed by atoms with van der Waals surface area (Å²) in [7, 11) is 0. The smallest absolute Gasteiger partial charge is 0.113 e. The second kappa shape index (κ2) is 7.62. The molecule has 1 aliphatic rings. The van der Waals surface area contributed by atoms with Gasteiger partial charge in [0.25, 0.3) is 0 Å². The molecule has 1 aliphatic heterocycles. The third kappa shape index (κ3) is 3.95. The van der Waals surface area contributed by atoms with Gasteiger partial charge in [0.15, 0.2) is 0 Å². The predicted octanol–water partition coefficient (Wildman–Crippen LogP) is 1.95. The summed E-state index contributed by atoms with van der Waals surface area (Å²) in [5.41, 5.74) is 7.17. The van der Waals surface area contributed by atoms with E-state index in [9.17, 15) is 5.11 Å². The number of nitrogens with two attached hydrogens (primary N) is 1. The monoisotopic (exact) mass is 279 g/mol. The van der Waals surface area contributed by atoms with Gasteiger partial charge in [-0.05, 0) is 32.9 Å². The molecule has 2 unspecified atom stereocenters. The molecule has 0 aromatic carbocycles. The van der Waals surface area contributed by atoms with Crippen LogP contribution in [0, 0.1) is 5.92 Å². The van der Waals surface area contributed by atoms with Crippen LogP contribution in [0.15, 0.2) is 36.7 Å². The second-order valence-electron chi connectivity index (χ2n) is 5.54. The number of hydrogen-bond acceptors (Lipinski definition) is 4.